The Kier molecular flexibility index (Phi) is 4.68. The van der Waals surface area contributed by atoms with Gasteiger partial charge in [0.25, 0.3) is 11.8 Å². The SMILES string of the molecule is Cc1ccc(-n2c(C)cc(/C=N\N3C(=O)[C@@H]4C5c6ccccc6C(c6ccccc65)[C@H]4C3=O)c2C)cc1. The summed E-state index contributed by atoms with van der Waals surface area (Å²) in [6.45, 7) is 6.16. The Morgan fingerprint density at radius 3 is 1.68 bits per heavy atom. The number of benzene rings is 3. The Morgan fingerprint density at radius 2 is 1.19 bits per heavy atom. The van der Waals surface area contributed by atoms with Gasteiger partial charge >= 0.3 is 0 Å². The van der Waals surface area contributed by atoms with Gasteiger partial charge in [0.1, 0.15) is 0 Å². The van der Waals surface area contributed by atoms with Gasteiger partial charge in [0, 0.05) is 34.5 Å². The molecule has 8 rings (SSSR count). The Morgan fingerprint density at radius 1 is 0.703 bits per heavy atom. The van der Waals surface area contributed by atoms with Crippen molar-refractivity contribution in [2.24, 2.45) is 16.9 Å². The van der Waals surface area contributed by atoms with Gasteiger partial charge < -0.3 is 4.57 Å². The highest BCUT2D eigenvalue weighted by Crippen LogP contribution is 2.60. The maximum absolute atomic E-state index is 13.8. The van der Waals surface area contributed by atoms with E-state index in [2.05, 4.69) is 72.0 Å². The van der Waals surface area contributed by atoms with E-state index in [1.165, 1.54) is 27.8 Å². The second-order valence-electron chi connectivity index (χ2n) is 10.5. The predicted octanol–water partition coefficient (Wildman–Crippen LogP) is 5.63. The van der Waals surface area contributed by atoms with Gasteiger partial charge in [-0.25, -0.2) is 0 Å². The zero-order valence-electron chi connectivity index (χ0n) is 21.1. The molecule has 2 atom stereocenters. The molecule has 0 spiro atoms. The molecule has 5 nitrogen and oxygen atoms in total. The first kappa shape index (κ1) is 22.0. The Bertz CT molecular complexity index is 1510. The lowest BCUT2D eigenvalue weighted by Gasteiger charge is -2.45. The zero-order valence-corrected chi connectivity index (χ0v) is 21.1. The minimum absolute atomic E-state index is 0.120. The van der Waals surface area contributed by atoms with Crippen LogP contribution in [0.4, 0.5) is 0 Å². The van der Waals surface area contributed by atoms with E-state index in [1.807, 2.05) is 37.3 Å². The van der Waals surface area contributed by atoms with Crippen LogP contribution in [-0.4, -0.2) is 27.6 Å². The van der Waals surface area contributed by atoms with Gasteiger partial charge in [-0.2, -0.15) is 10.1 Å². The summed E-state index contributed by atoms with van der Waals surface area (Å²) in [7, 11) is 0. The highest BCUT2D eigenvalue weighted by molar-refractivity contribution is 6.08. The second kappa shape index (κ2) is 7.87. The van der Waals surface area contributed by atoms with Crippen LogP contribution in [0.15, 0.2) is 84.0 Å². The van der Waals surface area contributed by atoms with Crippen LogP contribution in [0.25, 0.3) is 5.69 Å². The molecule has 1 aliphatic heterocycles. The maximum Gasteiger partial charge on any atom is 0.254 e. The first-order chi connectivity index (χ1) is 18.0. The molecular formula is C32H27N3O2. The zero-order chi connectivity index (χ0) is 25.4. The monoisotopic (exact) mass is 485 g/mol. The molecule has 182 valence electrons. The lowest BCUT2D eigenvalue weighted by atomic mass is 9.55. The van der Waals surface area contributed by atoms with Crippen molar-refractivity contribution in [1.29, 1.82) is 0 Å². The summed E-state index contributed by atoms with van der Waals surface area (Å²) in [5, 5.41) is 5.66. The molecule has 2 amide bonds. The molecule has 0 N–H and O–H groups in total. The molecule has 2 heterocycles. The largest absolute Gasteiger partial charge is 0.318 e. The third-order valence-corrected chi connectivity index (χ3v) is 8.50. The first-order valence-electron chi connectivity index (χ1n) is 12.8. The summed E-state index contributed by atoms with van der Waals surface area (Å²) < 4.78 is 2.17. The van der Waals surface area contributed by atoms with E-state index in [9.17, 15) is 9.59 Å². The molecule has 1 saturated heterocycles. The Labute approximate surface area is 216 Å². The van der Waals surface area contributed by atoms with E-state index >= 15 is 0 Å². The van der Waals surface area contributed by atoms with Crippen LogP contribution in [0.2, 0.25) is 0 Å². The van der Waals surface area contributed by atoms with Crippen LogP contribution in [0.3, 0.4) is 0 Å². The van der Waals surface area contributed by atoms with Gasteiger partial charge in [0.05, 0.1) is 18.1 Å². The summed E-state index contributed by atoms with van der Waals surface area (Å²) in [5.41, 5.74) is 9.93. The van der Waals surface area contributed by atoms with Crippen molar-refractivity contribution in [3.8, 4) is 5.69 Å². The average Bonchev–Trinajstić information content (AvgIpc) is 3.34. The molecule has 5 heteroatoms. The number of imide groups is 1. The van der Waals surface area contributed by atoms with Crippen molar-refractivity contribution in [3.63, 3.8) is 0 Å². The molecule has 4 aromatic rings. The van der Waals surface area contributed by atoms with Crippen molar-refractivity contribution in [1.82, 2.24) is 9.58 Å². The number of carbonyl (C=O) groups is 2. The molecule has 4 aliphatic rings. The predicted molar refractivity (Wildman–Crippen MR) is 143 cm³/mol. The molecule has 37 heavy (non-hydrogen) atoms. The number of nitrogens with zero attached hydrogens (tertiary/aromatic N) is 3. The number of hydrogen-bond donors (Lipinski definition) is 0. The fraction of sp³-hybridized carbons (Fsp3) is 0.219. The lowest BCUT2D eigenvalue weighted by Crippen LogP contribution is -2.41. The standard InChI is InChI=1S/C32H27N3O2/c1-18-12-14-22(15-13-18)34-19(2)16-21(20(34)3)17-33-35-31(36)29-27-23-8-4-5-9-24(23)28(30(29)32(35)37)26-11-7-6-10-25(26)27/h4-17,27-30H,1-3H3/b33-17-/t27?,28?,29-,30-/m1/s1. The number of aryl methyl sites for hydroxylation is 2. The van der Waals surface area contributed by atoms with E-state index in [4.69, 9.17) is 0 Å². The van der Waals surface area contributed by atoms with Crippen LogP contribution in [0, 0.1) is 32.6 Å². The van der Waals surface area contributed by atoms with Crippen molar-refractivity contribution in [2.75, 3.05) is 0 Å². The molecular weight excluding hydrogens is 458 g/mol. The molecule has 3 aromatic carbocycles. The summed E-state index contributed by atoms with van der Waals surface area (Å²) >= 11 is 0. The Balaban J connectivity index is 1.26. The summed E-state index contributed by atoms with van der Waals surface area (Å²) in [5.74, 6) is -1.47. The molecule has 3 aliphatic carbocycles. The van der Waals surface area contributed by atoms with E-state index in [0.29, 0.717) is 0 Å². The molecule has 2 bridgehead atoms. The van der Waals surface area contributed by atoms with E-state index < -0.39 is 11.8 Å². The van der Waals surface area contributed by atoms with Gasteiger partial charge in [0.15, 0.2) is 0 Å². The second-order valence-corrected chi connectivity index (χ2v) is 10.5. The number of rotatable bonds is 3. The summed E-state index contributed by atoms with van der Waals surface area (Å²) in [6, 6.07) is 27.0. The van der Waals surface area contributed by atoms with Crippen molar-refractivity contribution >= 4 is 18.0 Å². The molecule has 0 radical (unpaired) electrons. The van der Waals surface area contributed by atoms with E-state index in [0.717, 1.165) is 27.6 Å². The molecule has 0 unspecified atom stereocenters. The van der Waals surface area contributed by atoms with Crippen LogP contribution < -0.4 is 0 Å². The highest BCUT2D eigenvalue weighted by atomic mass is 16.2. The van der Waals surface area contributed by atoms with Gasteiger partial charge in [-0.1, -0.05) is 66.2 Å². The number of hydrazone groups is 1. The van der Waals surface area contributed by atoms with E-state index in [1.54, 1.807) is 6.21 Å². The minimum Gasteiger partial charge on any atom is -0.318 e. The minimum atomic E-state index is -0.417. The number of hydrogen-bond acceptors (Lipinski definition) is 3. The normalized spacial score (nSPS) is 23.5. The first-order valence-corrected chi connectivity index (χ1v) is 12.8. The maximum atomic E-state index is 13.8. The fourth-order valence-electron chi connectivity index (χ4n) is 6.90. The van der Waals surface area contributed by atoms with Gasteiger partial charge in [-0.15, -0.1) is 0 Å². The van der Waals surface area contributed by atoms with Crippen molar-refractivity contribution < 1.29 is 9.59 Å². The topological polar surface area (TPSA) is 54.7 Å². The van der Waals surface area contributed by atoms with Crippen molar-refractivity contribution in [3.05, 3.63) is 124 Å². The van der Waals surface area contributed by atoms with Crippen molar-refractivity contribution in [2.45, 2.75) is 32.6 Å². The molecule has 0 saturated carbocycles. The van der Waals surface area contributed by atoms with Crippen LogP contribution in [0.5, 0.6) is 0 Å². The van der Waals surface area contributed by atoms with Crippen LogP contribution in [-0.2, 0) is 9.59 Å². The highest BCUT2D eigenvalue weighted by Gasteiger charge is 2.61. The number of aromatic nitrogens is 1. The third-order valence-electron chi connectivity index (χ3n) is 8.50. The van der Waals surface area contributed by atoms with Gasteiger partial charge in [-0.05, 0) is 61.2 Å². The average molecular weight is 486 g/mol. The van der Waals surface area contributed by atoms with Gasteiger partial charge in [0.2, 0.25) is 0 Å². The summed E-state index contributed by atoms with van der Waals surface area (Å²) in [4.78, 5) is 27.6. The van der Waals surface area contributed by atoms with Gasteiger partial charge in [-0.3, -0.25) is 9.59 Å². The molecule has 1 aromatic heterocycles. The molecule has 1 fully saturated rings. The van der Waals surface area contributed by atoms with Crippen LogP contribution >= 0.6 is 0 Å². The smallest absolute Gasteiger partial charge is 0.254 e. The summed E-state index contributed by atoms with van der Waals surface area (Å²) in [6.07, 6.45) is 1.67. The van der Waals surface area contributed by atoms with E-state index in [-0.39, 0.29) is 23.7 Å². The number of carbonyl (C=O) groups excluding carboxylic acids is 2. The Hall–Kier alpha value is -4.25. The quantitative estimate of drug-likeness (QED) is 0.279. The lowest BCUT2D eigenvalue weighted by molar-refractivity contribution is -0.139. The van der Waals surface area contributed by atoms with Crippen LogP contribution in [0.1, 0.15) is 56.6 Å². The number of amides is 2. The third kappa shape index (κ3) is 3.00. The fourth-order valence-corrected chi connectivity index (χ4v) is 6.90.